The maximum Gasteiger partial charge on any atom is 0.268 e. The van der Waals surface area contributed by atoms with Crippen molar-refractivity contribution in [1.29, 1.82) is 0 Å². The fourth-order valence-corrected chi connectivity index (χ4v) is 2.21. The van der Waals surface area contributed by atoms with Gasteiger partial charge in [-0.05, 0) is 6.07 Å². The third-order valence-electron chi connectivity index (χ3n) is 3.21. The molecule has 1 aliphatic rings. The number of nitrogens with two attached hydrogens (primary N) is 1. The molecule has 5 N–H and O–H groups in total. The minimum atomic E-state index is -1.28. The first-order valence-electron chi connectivity index (χ1n) is 5.89. The summed E-state index contributed by atoms with van der Waals surface area (Å²) in [6, 6.07) is 1.47. The van der Waals surface area contributed by atoms with Crippen molar-refractivity contribution >= 4 is 5.91 Å². The second-order valence-electron chi connectivity index (χ2n) is 4.39. The summed E-state index contributed by atoms with van der Waals surface area (Å²) >= 11 is 0. The van der Waals surface area contributed by atoms with Crippen molar-refractivity contribution in [2.24, 2.45) is 5.73 Å². The minimum absolute atomic E-state index is 0.106. The van der Waals surface area contributed by atoms with Gasteiger partial charge in [-0.1, -0.05) is 5.92 Å². The van der Waals surface area contributed by atoms with Gasteiger partial charge in [-0.2, -0.15) is 0 Å². The van der Waals surface area contributed by atoms with Crippen LogP contribution in [0.4, 0.5) is 0 Å². The third-order valence-corrected chi connectivity index (χ3v) is 3.21. The van der Waals surface area contributed by atoms with Gasteiger partial charge in [0.15, 0.2) is 0 Å². The van der Waals surface area contributed by atoms with E-state index in [-0.39, 0.29) is 11.3 Å². The molecule has 0 radical (unpaired) electrons. The van der Waals surface area contributed by atoms with Crippen LogP contribution in [0.25, 0.3) is 0 Å². The number of hydrogen-bond acceptors (Lipinski definition) is 6. The van der Waals surface area contributed by atoms with Crippen LogP contribution in [0.2, 0.25) is 0 Å². The molecular formula is C13H14N2O5. The number of nitrogens with zero attached hydrogens (tertiary/aromatic N) is 1. The van der Waals surface area contributed by atoms with Crippen LogP contribution in [-0.4, -0.2) is 51.1 Å². The number of aliphatic hydroxyl groups is 3. The molecule has 0 saturated carbocycles. The van der Waals surface area contributed by atoms with E-state index in [4.69, 9.17) is 22.0 Å². The lowest BCUT2D eigenvalue weighted by atomic mass is 9.97. The first-order chi connectivity index (χ1) is 9.51. The predicted molar refractivity (Wildman–Crippen MR) is 67.4 cm³/mol. The number of terminal acetylenes is 1. The van der Waals surface area contributed by atoms with Crippen molar-refractivity contribution in [3.63, 3.8) is 0 Å². The van der Waals surface area contributed by atoms with Crippen LogP contribution in [0, 0.1) is 12.3 Å². The first-order valence-corrected chi connectivity index (χ1v) is 5.89. The molecule has 106 valence electrons. The van der Waals surface area contributed by atoms with E-state index in [9.17, 15) is 15.0 Å². The van der Waals surface area contributed by atoms with Gasteiger partial charge in [-0.15, -0.1) is 6.42 Å². The number of ether oxygens (including phenoxy) is 1. The maximum atomic E-state index is 11.3. The van der Waals surface area contributed by atoms with Crippen LogP contribution in [0.1, 0.15) is 27.7 Å². The second-order valence-corrected chi connectivity index (χ2v) is 4.39. The monoisotopic (exact) mass is 278 g/mol. The highest BCUT2D eigenvalue weighted by Gasteiger charge is 2.44. The Hall–Kier alpha value is -1.98. The van der Waals surface area contributed by atoms with Crippen molar-refractivity contribution in [2.45, 2.75) is 24.4 Å². The molecule has 7 heteroatoms. The average molecular weight is 278 g/mol. The zero-order valence-electron chi connectivity index (χ0n) is 10.4. The van der Waals surface area contributed by atoms with Crippen molar-refractivity contribution in [2.75, 3.05) is 6.61 Å². The van der Waals surface area contributed by atoms with E-state index < -0.39 is 36.9 Å². The van der Waals surface area contributed by atoms with Crippen LogP contribution < -0.4 is 5.73 Å². The van der Waals surface area contributed by atoms with E-state index in [0.29, 0.717) is 5.56 Å². The van der Waals surface area contributed by atoms with Gasteiger partial charge < -0.3 is 25.8 Å². The van der Waals surface area contributed by atoms with Gasteiger partial charge in [0, 0.05) is 11.8 Å². The Balaban J connectivity index is 2.47. The SMILES string of the molecule is C#Cc1c([C@@H]2O[C@H](CO)[C@@H](O)[C@H]2O)ccnc1C(N)=O. The molecule has 0 spiro atoms. The first kappa shape index (κ1) is 14.4. The summed E-state index contributed by atoms with van der Waals surface area (Å²) in [5.41, 5.74) is 5.50. The largest absolute Gasteiger partial charge is 0.394 e. The van der Waals surface area contributed by atoms with Crippen LogP contribution >= 0.6 is 0 Å². The number of hydrogen-bond donors (Lipinski definition) is 4. The predicted octanol–water partition coefficient (Wildman–Crippen LogP) is -1.68. The van der Waals surface area contributed by atoms with E-state index in [0.717, 1.165) is 0 Å². The molecule has 20 heavy (non-hydrogen) atoms. The quantitative estimate of drug-likeness (QED) is 0.489. The molecule has 1 amide bonds. The summed E-state index contributed by atoms with van der Waals surface area (Å²) in [6.45, 7) is -0.451. The number of primary amides is 1. The van der Waals surface area contributed by atoms with Gasteiger partial charge in [0.1, 0.15) is 30.1 Å². The van der Waals surface area contributed by atoms with Crippen LogP contribution in [0.3, 0.4) is 0 Å². The lowest BCUT2D eigenvalue weighted by Gasteiger charge is -2.17. The van der Waals surface area contributed by atoms with Crippen LogP contribution in [0.5, 0.6) is 0 Å². The summed E-state index contributed by atoms with van der Waals surface area (Å²) in [4.78, 5) is 15.1. The fourth-order valence-electron chi connectivity index (χ4n) is 2.21. The molecule has 7 nitrogen and oxygen atoms in total. The molecule has 1 aromatic rings. The van der Waals surface area contributed by atoms with E-state index in [1.807, 2.05) is 0 Å². The number of rotatable bonds is 3. The number of aliphatic hydroxyl groups excluding tert-OH is 3. The molecular weight excluding hydrogens is 264 g/mol. The third kappa shape index (κ3) is 2.26. The molecule has 1 aromatic heterocycles. The number of pyridine rings is 1. The lowest BCUT2D eigenvalue weighted by molar-refractivity contribution is -0.0228. The molecule has 2 rings (SSSR count). The molecule has 2 heterocycles. The summed E-state index contributed by atoms with van der Waals surface area (Å²) in [7, 11) is 0. The zero-order chi connectivity index (χ0) is 14.9. The number of carbonyl (C=O) groups is 1. The number of aromatic nitrogens is 1. The number of amides is 1. The Bertz CT molecular complexity index is 568. The number of carbonyl (C=O) groups excluding carboxylic acids is 1. The average Bonchev–Trinajstić information content (AvgIpc) is 2.73. The van der Waals surface area contributed by atoms with Crippen LogP contribution in [-0.2, 0) is 4.74 Å². The van der Waals surface area contributed by atoms with E-state index in [2.05, 4.69) is 10.9 Å². The Morgan fingerprint density at radius 3 is 2.70 bits per heavy atom. The molecule has 1 saturated heterocycles. The van der Waals surface area contributed by atoms with Gasteiger partial charge in [-0.25, -0.2) is 4.98 Å². The highest BCUT2D eigenvalue weighted by atomic mass is 16.6. The Labute approximate surface area is 115 Å². The van der Waals surface area contributed by atoms with Crippen LogP contribution in [0.15, 0.2) is 12.3 Å². The van der Waals surface area contributed by atoms with Crippen molar-refractivity contribution in [1.82, 2.24) is 4.98 Å². The van der Waals surface area contributed by atoms with E-state index in [1.54, 1.807) is 0 Å². The molecule has 1 fully saturated rings. The Morgan fingerprint density at radius 2 is 2.20 bits per heavy atom. The van der Waals surface area contributed by atoms with Gasteiger partial charge in [0.05, 0.1) is 12.2 Å². The molecule has 0 aromatic carbocycles. The second kappa shape index (κ2) is 5.56. The highest BCUT2D eigenvalue weighted by molar-refractivity contribution is 5.93. The molecule has 0 aliphatic carbocycles. The van der Waals surface area contributed by atoms with Gasteiger partial charge in [0.25, 0.3) is 5.91 Å². The normalized spacial score (nSPS) is 29.1. The molecule has 0 bridgehead atoms. The maximum absolute atomic E-state index is 11.3. The van der Waals surface area contributed by atoms with E-state index in [1.165, 1.54) is 12.3 Å². The minimum Gasteiger partial charge on any atom is -0.394 e. The summed E-state index contributed by atoms with van der Waals surface area (Å²) < 4.78 is 5.37. The Morgan fingerprint density at radius 1 is 1.50 bits per heavy atom. The van der Waals surface area contributed by atoms with Gasteiger partial charge in [0.2, 0.25) is 0 Å². The van der Waals surface area contributed by atoms with Gasteiger partial charge >= 0.3 is 0 Å². The fraction of sp³-hybridized carbons (Fsp3) is 0.385. The smallest absolute Gasteiger partial charge is 0.268 e. The summed E-state index contributed by atoms with van der Waals surface area (Å²) in [5.74, 6) is 1.49. The van der Waals surface area contributed by atoms with Crippen molar-refractivity contribution < 1.29 is 24.9 Å². The molecule has 4 atom stereocenters. The van der Waals surface area contributed by atoms with Crippen molar-refractivity contribution in [3.8, 4) is 12.3 Å². The molecule has 1 aliphatic heterocycles. The van der Waals surface area contributed by atoms with Gasteiger partial charge in [-0.3, -0.25) is 4.79 Å². The lowest BCUT2D eigenvalue weighted by Crippen LogP contribution is -2.32. The van der Waals surface area contributed by atoms with Crippen molar-refractivity contribution in [3.05, 3.63) is 29.1 Å². The molecule has 0 unspecified atom stereocenters. The zero-order valence-corrected chi connectivity index (χ0v) is 10.4. The summed E-state index contributed by atoms with van der Waals surface area (Å²) in [6.07, 6.45) is 2.25. The summed E-state index contributed by atoms with van der Waals surface area (Å²) in [5, 5.41) is 28.8. The highest BCUT2D eigenvalue weighted by Crippen LogP contribution is 2.35. The van der Waals surface area contributed by atoms with E-state index >= 15 is 0 Å². The Kier molecular flexibility index (Phi) is 4.01. The topological polar surface area (TPSA) is 126 Å². The standard InChI is InChI=1S/C13H14N2O5/c1-2-6-7(3-4-15-9(6)13(14)19)12-11(18)10(17)8(5-16)20-12/h1,3-4,8,10-12,16-18H,5H2,(H2,14,19)/t8-,10-,11-,12+/m1/s1.